The van der Waals surface area contributed by atoms with Crippen molar-refractivity contribution in [1.29, 1.82) is 0 Å². The van der Waals surface area contributed by atoms with Crippen LogP contribution >= 0.6 is 11.3 Å². The highest BCUT2D eigenvalue weighted by Crippen LogP contribution is 2.34. The number of thiophene rings is 1. The SMILES string of the molecule is Fc1cccc2[nH]c(-c3cc4c(s3)CCCCC4)nc12. The Morgan fingerprint density at radius 3 is 2.95 bits per heavy atom. The fraction of sp³-hybridized carbons (Fsp3) is 0.312. The van der Waals surface area contributed by atoms with Crippen molar-refractivity contribution in [2.75, 3.05) is 0 Å². The van der Waals surface area contributed by atoms with Gasteiger partial charge in [-0.05, 0) is 49.4 Å². The molecule has 0 saturated carbocycles. The van der Waals surface area contributed by atoms with Gasteiger partial charge in [0.1, 0.15) is 11.3 Å². The summed E-state index contributed by atoms with van der Waals surface area (Å²) in [6.07, 6.45) is 6.22. The van der Waals surface area contributed by atoms with Gasteiger partial charge in [-0.1, -0.05) is 12.5 Å². The summed E-state index contributed by atoms with van der Waals surface area (Å²) < 4.78 is 13.7. The summed E-state index contributed by atoms with van der Waals surface area (Å²) in [7, 11) is 0. The maximum atomic E-state index is 13.7. The van der Waals surface area contributed by atoms with Gasteiger partial charge < -0.3 is 4.98 Å². The first-order chi connectivity index (χ1) is 9.81. The Labute approximate surface area is 120 Å². The van der Waals surface area contributed by atoms with Gasteiger partial charge in [0.2, 0.25) is 0 Å². The van der Waals surface area contributed by atoms with Crippen molar-refractivity contribution in [3.05, 3.63) is 40.5 Å². The number of para-hydroxylation sites is 1. The fourth-order valence-electron chi connectivity index (χ4n) is 2.90. The molecule has 1 aliphatic carbocycles. The van der Waals surface area contributed by atoms with E-state index in [0.717, 1.165) is 16.2 Å². The zero-order valence-electron chi connectivity index (χ0n) is 11.1. The molecule has 2 nitrogen and oxygen atoms in total. The Morgan fingerprint density at radius 1 is 1.15 bits per heavy atom. The first-order valence-electron chi connectivity index (χ1n) is 7.07. The molecular weight excluding hydrogens is 271 g/mol. The summed E-state index contributed by atoms with van der Waals surface area (Å²) in [6.45, 7) is 0. The van der Waals surface area contributed by atoms with Gasteiger partial charge in [0, 0.05) is 4.88 Å². The summed E-state index contributed by atoms with van der Waals surface area (Å²) in [5.41, 5.74) is 2.66. The molecule has 1 aliphatic rings. The van der Waals surface area contributed by atoms with Crippen molar-refractivity contribution in [1.82, 2.24) is 9.97 Å². The van der Waals surface area contributed by atoms with Gasteiger partial charge in [0.15, 0.2) is 5.82 Å². The van der Waals surface area contributed by atoms with Crippen molar-refractivity contribution < 1.29 is 4.39 Å². The third-order valence-electron chi connectivity index (χ3n) is 3.94. The molecule has 0 radical (unpaired) electrons. The highest BCUT2D eigenvalue weighted by molar-refractivity contribution is 7.15. The van der Waals surface area contributed by atoms with Gasteiger partial charge in [-0.25, -0.2) is 9.37 Å². The minimum atomic E-state index is -0.261. The van der Waals surface area contributed by atoms with Crippen LogP contribution in [0.25, 0.3) is 21.7 Å². The number of rotatable bonds is 1. The molecule has 0 aliphatic heterocycles. The normalized spacial score (nSPS) is 15.2. The van der Waals surface area contributed by atoms with Gasteiger partial charge in [-0.2, -0.15) is 0 Å². The third kappa shape index (κ3) is 1.95. The van der Waals surface area contributed by atoms with E-state index < -0.39 is 0 Å². The number of hydrogen-bond acceptors (Lipinski definition) is 2. The minimum absolute atomic E-state index is 0.261. The number of nitrogens with one attached hydrogen (secondary N) is 1. The second-order valence-electron chi connectivity index (χ2n) is 5.34. The number of benzene rings is 1. The number of nitrogens with zero attached hydrogens (tertiary/aromatic N) is 1. The second kappa shape index (κ2) is 4.70. The molecule has 0 unspecified atom stereocenters. The van der Waals surface area contributed by atoms with Crippen LogP contribution in [0.1, 0.15) is 29.7 Å². The number of fused-ring (bicyclic) bond motifs is 2. The van der Waals surface area contributed by atoms with E-state index in [1.165, 1.54) is 48.6 Å². The molecule has 1 N–H and O–H groups in total. The Bertz CT molecular complexity index is 748. The number of aromatic nitrogens is 2. The summed E-state index contributed by atoms with van der Waals surface area (Å²) in [4.78, 5) is 10.3. The standard InChI is InChI=1S/C16H15FN2S/c17-11-6-4-7-12-15(11)19-16(18-12)14-9-10-5-2-1-3-8-13(10)20-14/h4,6-7,9H,1-3,5,8H2,(H,18,19). The summed E-state index contributed by atoms with van der Waals surface area (Å²) in [5.74, 6) is 0.534. The van der Waals surface area contributed by atoms with Crippen LogP contribution in [-0.2, 0) is 12.8 Å². The lowest BCUT2D eigenvalue weighted by Crippen LogP contribution is -1.81. The summed E-state index contributed by atoms with van der Waals surface area (Å²) in [5, 5.41) is 0. The van der Waals surface area contributed by atoms with Crippen LogP contribution in [0, 0.1) is 5.82 Å². The highest BCUT2D eigenvalue weighted by Gasteiger charge is 2.16. The Kier molecular flexibility index (Phi) is 2.84. The molecule has 0 spiro atoms. The summed E-state index contributed by atoms with van der Waals surface area (Å²) >= 11 is 1.81. The van der Waals surface area contributed by atoms with E-state index in [1.54, 1.807) is 17.4 Å². The largest absolute Gasteiger partial charge is 0.337 e. The third-order valence-corrected chi connectivity index (χ3v) is 5.19. The molecule has 4 rings (SSSR count). The minimum Gasteiger partial charge on any atom is -0.337 e. The quantitative estimate of drug-likeness (QED) is 0.645. The Morgan fingerprint density at radius 2 is 2.05 bits per heavy atom. The maximum absolute atomic E-state index is 13.7. The number of halogens is 1. The van der Waals surface area contributed by atoms with Crippen molar-refractivity contribution in [3.63, 3.8) is 0 Å². The topological polar surface area (TPSA) is 28.7 Å². The van der Waals surface area contributed by atoms with Crippen LogP contribution in [0.2, 0.25) is 0 Å². The highest BCUT2D eigenvalue weighted by atomic mass is 32.1. The van der Waals surface area contributed by atoms with Gasteiger partial charge >= 0.3 is 0 Å². The van der Waals surface area contributed by atoms with Crippen LogP contribution in [0.15, 0.2) is 24.3 Å². The second-order valence-corrected chi connectivity index (χ2v) is 6.48. The number of aryl methyl sites for hydroxylation is 2. The molecule has 0 atom stereocenters. The smallest absolute Gasteiger partial charge is 0.151 e. The van der Waals surface area contributed by atoms with Crippen LogP contribution in [0.5, 0.6) is 0 Å². The van der Waals surface area contributed by atoms with Crippen molar-refractivity contribution >= 4 is 22.4 Å². The van der Waals surface area contributed by atoms with Gasteiger partial charge in [0.05, 0.1) is 10.4 Å². The van der Waals surface area contributed by atoms with Gasteiger partial charge in [-0.3, -0.25) is 0 Å². The molecule has 20 heavy (non-hydrogen) atoms. The predicted molar refractivity (Wildman–Crippen MR) is 80.6 cm³/mol. The number of H-pyrrole nitrogens is 1. The lowest BCUT2D eigenvalue weighted by molar-refractivity contribution is 0.637. The fourth-order valence-corrected chi connectivity index (χ4v) is 4.10. The summed E-state index contributed by atoms with van der Waals surface area (Å²) in [6, 6.07) is 7.27. The van der Waals surface area contributed by atoms with E-state index in [9.17, 15) is 4.39 Å². The molecule has 2 aromatic heterocycles. The van der Waals surface area contributed by atoms with Crippen LogP contribution in [0.4, 0.5) is 4.39 Å². The average molecular weight is 286 g/mol. The monoisotopic (exact) mass is 286 g/mol. The van der Waals surface area contributed by atoms with E-state index in [2.05, 4.69) is 16.0 Å². The van der Waals surface area contributed by atoms with Crippen LogP contribution < -0.4 is 0 Å². The Balaban J connectivity index is 1.81. The van der Waals surface area contributed by atoms with E-state index in [4.69, 9.17) is 0 Å². The zero-order chi connectivity index (χ0) is 13.5. The molecule has 102 valence electrons. The molecule has 0 bridgehead atoms. The van der Waals surface area contributed by atoms with Crippen LogP contribution in [0.3, 0.4) is 0 Å². The Hall–Kier alpha value is -1.68. The molecule has 0 fully saturated rings. The molecule has 2 heterocycles. The average Bonchev–Trinajstić information content (AvgIpc) is 2.99. The van der Waals surface area contributed by atoms with E-state index >= 15 is 0 Å². The first kappa shape index (κ1) is 12.1. The van der Waals surface area contributed by atoms with Crippen molar-refractivity contribution in [2.24, 2.45) is 0 Å². The molecule has 4 heteroatoms. The van der Waals surface area contributed by atoms with E-state index in [1.807, 2.05) is 6.07 Å². The number of hydrogen-bond donors (Lipinski definition) is 1. The molecule has 0 amide bonds. The predicted octanol–water partition coefficient (Wildman–Crippen LogP) is 4.70. The zero-order valence-corrected chi connectivity index (χ0v) is 11.9. The van der Waals surface area contributed by atoms with Gasteiger partial charge in [0.25, 0.3) is 0 Å². The first-order valence-corrected chi connectivity index (χ1v) is 7.89. The van der Waals surface area contributed by atoms with Crippen molar-refractivity contribution in [3.8, 4) is 10.7 Å². The van der Waals surface area contributed by atoms with E-state index in [0.29, 0.717) is 5.52 Å². The lowest BCUT2D eigenvalue weighted by Gasteiger charge is -1.92. The van der Waals surface area contributed by atoms with E-state index in [-0.39, 0.29) is 5.82 Å². The lowest BCUT2D eigenvalue weighted by atomic mass is 10.1. The number of imidazole rings is 1. The van der Waals surface area contributed by atoms with Gasteiger partial charge in [-0.15, -0.1) is 11.3 Å². The number of aromatic amines is 1. The molecule has 0 saturated heterocycles. The molecule has 3 aromatic rings. The van der Waals surface area contributed by atoms with Crippen molar-refractivity contribution in [2.45, 2.75) is 32.1 Å². The molecular formula is C16H15FN2S. The van der Waals surface area contributed by atoms with Crippen LogP contribution in [-0.4, -0.2) is 9.97 Å². The maximum Gasteiger partial charge on any atom is 0.151 e. The molecule has 1 aromatic carbocycles.